The summed E-state index contributed by atoms with van der Waals surface area (Å²) >= 11 is 0. The van der Waals surface area contributed by atoms with Crippen molar-refractivity contribution in [2.75, 3.05) is 0 Å². The predicted molar refractivity (Wildman–Crippen MR) is 64.8 cm³/mol. The molecule has 1 N–H and O–H groups in total. The normalized spacial score (nSPS) is 18.5. The Morgan fingerprint density at radius 1 is 1.33 bits per heavy atom. The van der Waals surface area contributed by atoms with Crippen molar-refractivity contribution >= 4 is 0 Å². The van der Waals surface area contributed by atoms with Crippen molar-refractivity contribution in [3.05, 3.63) is 35.4 Å². The van der Waals surface area contributed by atoms with Gasteiger partial charge in [-0.2, -0.15) is 0 Å². The SMILES string of the molecule is Cc1ccccc1CNC(C)C1CCC1. The summed E-state index contributed by atoms with van der Waals surface area (Å²) in [4.78, 5) is 0. The maximum Gasteiger partial charge on any atom is 0.0210 e. The highest BCUT2D eigenvalue weighted by molar-refractivity contribution is 5.25. The van der Waals surface area contributed by atoms with E-state index in [1.807, 2.05) is 0 Å². The van der Waals surface area contributed by atoms with E-state index < -0.39 is 0 Å². The van der Waals surface area contributed by atoms with Crippen molar-refractivity contribution < 1.29 is 0 Å². The highest BCUT2D eigenvalue weighted by Gasteiger charge is 2.23. The lowest BCUT2D eigenvalue weighted by molar-refractivity contribution is 0.240. The van der Waals surface area contributed by atoms with E-state index in [1.165, 1.54) is 30.4 Å². The van der Waals surface area contributed by atoms with Crippen molar-refractivity contribution in [3.63, 3.8) is 0 Å². The zero-order valence-electron chi connectivity index (χ0n) is 9.79. The van der Waals surface area contributed by atoms with Gasteiger partial charge in [-0.3, -0.25) is 0 Å². The van der Waals surface area contributed by atoms with Gasteiger partial charge >= 0.3 is 0 Å². The van der Waals surface area contributed by atoms with Gasteiger partial charge in [-0.05, 0) is 43.7 Å². The molecule has 0 spiro atoms. The summed E-state index contributed by atoms with van der Waals surface area (Å²) in [7, 11) is 0. The molecule has 0 aliphatic heterocycles. The molecule has 82 valence electrons. The zero-order valence-corrected chi connectivity index (χ0v) is 9.79. The van der Waals surface area contributed by atoms with Gasteiger partial charge in [0.05, 0.1) is 0 Å². The highest BCUT2D eigenvalue weighted by Crippen LogP contribution is 2.29. The van der Waals surface area contributed by atoms with Crippen LogP contribution in [-0.4, -0.2) is 6.04 Å². The second kappa shape index (κ2) is 4.80. The van der Waals surface area contributed by atoms with Gasteiger partial charge in [0, 0.05) is 12.6 Å². The first kappa shape index (κ1) is 10.7. The largest absolute Gasteiger partial charge is 0.310 e. The van der Waals surface area contributed by atoms with E-state index in [0.717, 1.165) is 12.5 Å². The fourth-order valence-corrected chi connectivity index (χ4v) is 2.19. The van der Waals surface area contributed by atoms with Crippen LogP contribution in [-0.2, 0) is 6.54 Å². The van der Waals surface area contributed by atoms with E-state index in [-0.39, 0.29) is 0 Å². The van der Waals surface area contributed by atoms with E-state index in [2.05, 4.69) is 43.4 Å². The van der Waals surface area contributed by atoms with Gasteiger partial charge in [-0.25, -0.2) is 0 Å². The van der Waals surface area contributed by atoms with Crippen LogP contribution >= 0.6 is 0 Å². The van der Waals surface area contributed by atoms with Gasteiger partial charge in [0.15, 0.2) is 0 Å². The third-order valence-corrected chi connectivity index (χ3v) is 3.73. The van der Waals surface area contributed by atoms with Gasteiger partial charge in [-0.1, -0.05) is 30.7 Å². The number of hydrogen-bond donors (Lipinski definition) is 1. The van der Waals surface area contributed by atoms with Crippen molar-refractivity contribution in [1.29, 1.82) is 0 Å². The molecule has 0 amide bonds. The summed E-state index contributed by atoms with van der Waals surface area (Å²) in [6.45, 7) is 5.53. The minimum absolute atomic E-state index is 0.679. The van der Waals surface area contributed by atoms with Gasteiger partial charge in [0.25, 0.3) is 0 Å². The molecule has 15 heavy (non-hydrogen) atoms. The van der Waals surface area contributed by atoms with Crippen molar-refractivity contribution in [1.82, 2.24) is 5.32 Å². The van der Waals surface area contributed by atoms with Crippen LogP contribution < -0.4 is 5.32 Å². The van der Waals surface area contributed by atoms with Crippen LogP contribution in [0.1, 0.15) is 37.3 Å². The quantitative estimate of drug-likeness (QED) is 0.792. The second-order valence-electron chi connectivity index (χ2n) is 4.79. The van der Waals surface area contributed by atoms with Crippen molar-refractivity contribution in [2.45, 2.75) is 45.7 Å². The summed E-state index contributed by atoms with van der Waals surface area (Å²) < 4.78 is 0. The van der Waals surface area contributed by atoms with Crippen LogP contribution in [0.2, 0.25) is 0 Å². The van der Waals surface area contributed by atoms with Crippen LogP contribution in [0, 0.1) is 12.8 Å². The first-order chi connectivity index (χ1) is 7.27. The lowest BCUT2D eigenvalue weighted by Gasteiger charge is -2.32. The minimum atomic E-state index is 0.679. The molecule has 1 aliphatic rings. The first-order valence-corrected chi connectivity index (χ1v) is 6.05. The Kier molecular flexibility index (Phi) is 3.42. The summed E-state index contributed by atoms with van der Waals surface area (Å²) in [5, 5.41) is 3.64. The van der Waals surface area contributed by atoms with E-state index in [9.17, 15) is 0 Å². The molecule has 0 saturated heterocycles. The third kappa shape index (κ3) is 2.60. The summed E-state index contributed by atoms with van der Waals surface area (Å²) in [5.41, 5.74) is 2.83. The number of nitrogens with one attached hydrogen (secondary N) is 1. The number of rotatable bonds is 4. The lowest BCUT2D eigenvalue weighted by Crippen LogP contribution is -2.36. The molecule has 0 aromatic heterocycles. The Hall–Kier alpha value is -0.820. The maximum atomic E-state index is 3.64. The first-order valence-electron chi connectivity index (χ1n) is 6.05. The third-order valence-electron chi connectivity index (χ3n) is 3.73. The Balaban J connectivity index is 1.84. The summed E-state index contributed by atoms with van der Waals surface area (Å²) in [6, 6.07) is 9.31. The maximum absolute atomic E-state index is 3.64. The van der Waals surface area contributed by atoms with Gasteiger partial charge in [0.2, 0.25) is 0 Å². The molecule has 1 saturated carbocycles. The smallest absolute Gasteiger partial charge is 0.0210 e. The molecule has 1 nitrogen and oxygen atoms in total. The second-order valence-corrected chi connectivity index (χ2v) is 4.79. The molecule has 0 heterocycles. The molecular formula is C14H21N. The van der Waals surface area contributed by atoms with Crippen LogP contribution in [0.3, 0.4) is 0 Å². The summed E-state index contributed by atoms with van der Waals surface area (Å²) in [5.74, 6) is 0.925. The Morgan fingerprint density at radius 2 is 2.07 bits per heavy atom. The van der Waals surface area contributed by atoms with Crippen LogP contribution in [0.25, 0.3) is 0 Å². The Bertz CT molecular complexity index is 315. The Labute approximate surface area is 92.9 Å². The standard InChI is InChI=1S/C14H21N/c1-11-6-3-4-7-14(11)10-15-12(2)13-8-5-9-13/h3-4,6-7,12-13,15H,5,8-10H2,1-2H3. The molecule has 1 atom stereocenters. The summed E-state index contributed by atoms with van der Waals surface area (Å²) in [6.07, 6.45) is 4.27. The fourth-order valence-electron chi connectivity index (χ4n) is 2.19. The van der Waals surface area contributed by atoms with Crippen molar-refractivity contribution in [3.8, 4) is 0 Å². The predicted octanol–water partition coefficient (Wildman–Crippen LogP) is 3.27. The van der Waals surface area contributed by atoms with Crippen molar-refractivity contribution in [2.24, 2.45) is 5.92 Å². The molecule has 1 aromatic rings. The number of aryl methyl sites for hydroxylation is 1. The molecule has 1 aromatic carbocycles. The van der Waals surface area contributed by atoms with Gasteiger partial charge in [0.1, 0.15) is 0 Å². The van der Waals surface area contributed by atoms with E-state index >= 15 is 0 Å². The molecule has 1 aliphatic carbocycles. The monoisotopic (exact) mass is 203 g/mol. The van der Waals surface area contributed by atoms with Crippen LogP contribution in [0.15, 0.2) is 24.3 Å². The molecule has 1 heteroatoms. The average molecular weight is 203 g/mol. The fraction of sp³-hybridized carbons (Fsp3) is 0.571. The average Bonchev–Trinajstić information content (AvgIpc) is 2.14. The van der Waals surface area contributed by atoms with E-state index in [1.54, 1.807) is 0 Å². The zero-order chi connectivity index (χ0) is 10.7. The molecular weight excluding hydrogens is 182 g/mol. The number of hydrogen-bond acceptors (Lipinski definition) is 1. The molecule has 1 unspecified atom stereocenters. The molecule has 2 rings (SSSR count). The molecule has 1 fully saturated rings. The number of benzene rings is 1. The Morgan fingerprint density at radius 3 is 2.67 bits per heavy atom. The van der Waals surface area contributed by atoms with Gasteiger partial charge < -0.3 is 5.32 Å². The van der Waals surface area contributed by atoms with Gasteiger partial charge in [-0.15, -0.1) is 0 Å². The van der Waals surface area contributed by atoms with E-state index in [0.29, 0.717) is 6.04 Å². The lowest BCUT2D eigenvalue weighted by atomic mass is 9.80. The highest BCUT2D eigenvalue weighted by atomic mass is 14.9. The molecule has 0 bridgehead atoms. The van der Waals surface area contributed by atoms with Crippen LogP contribution in [0.5, 0.6) is 0 Å². The van der Waals surface area contributed by atoms with E-state index in [4.69, 9.17) is 0 Å². The molecule has 0 radical (unpaired) electrons. The topological polar surface area (TPSA) is 12.0 Å². The van der Waals surface area contributed by atoms with Crippen LogP contribution in [0.4, 0.5) is 0 Å². The minimum Gasteiger partial charge on any atom is -0.310 e.